The molecule has 1 unspecified atom stereocenters. The van der Waals surface area contributed by atoms with Gasteiger partial charge in [0.25, 0.3) is 11.8 Å². The van der Waals surface area contributed by atoms with Crippen molar-refractivity contribution in [1.29, 1.82) is 0 Å². The van der Waals surface area contributed by atoms with Crippen LogP contribution in [0.4, 0.5) is 5.69 Å². The zero-order valence-corrected chi connectivity index (χ0v) is 14.9. The first-order chi connectivity index (χ1) is 12.0. The minimum atomic E-state index is -0.856. The molecule has 0 aliphatic carbocycles. The van der Waals surface area contributed by atoms with Crippen LogP contribution in [-0.4, -0.2) is 18.4 Å². The van der Waals surface area contributed by atoms with Crippen molar-refractivity contribution < 1.29 is 14.3 Å². The normalized spacial score (nSPS) is 16.3. The molecule has 2 aromatic carbocycles. The second-order valence-electron chi connectivity index (χ2n) is 5.60. The standard InChI is InChI=1S/C18H16Cl2N2O3/c1-2-10-4-3-5-12-16(22-15(23)9-25-17(10)12)18(24)21-11-6-7-13(19)14(20)8-11/h3-8,16H,2,9H2,1H3,(H,21,24)(H,22,23). The first-order valence-electron chi connectivity index (χ1n) is 7.79. The summed E-state index contributed by atoms with van der Waals surface area (Å²) in [6.45, 7) is 1.87. The second kappa shape index (κ2) is 7.33. The zero-order chi connectivity index (χ0) is 18.0. The molecule has 1 atom stereocenters. The molecule has 3 rings (SSSR count). The lowest BCUT2D eigenvalue weighted by Crippen LogP contribution is -2.37. The minimum absolute atomic E-state index is 0.124. The molecule has 0 bridgehead atoms. The van der Waals surface area contributed by atoms with E-state index in [9.17, 15) is 9.59 Å². The van der Waals surface area contributed by atoms with Crippen LogP contribution in [0.15, 0.2) is 36.4 Å². The van der Waals surface area contributed by atoms with Crippen LogP contribution in [-0.2, 0) is 16.0 Å². The van der Waals surface area contributed by atoms with Crippen LogP contribution in [0.1, 0.15) is 24.1 Å². The van der Waals surface area contributed by atoms with Gasteiger partial charge >= 0.3 is 0 Å². The van der Waals surface area contributed by atoms with Gasteiger partial charge in [-0.05, 0) is 30.2 Å². The van der Waals surface area contributed by atoms with Gasteiger partial charge in [0.05, 0.1) is 10.0 Å². The van der Waals surface area contributed by atoms with E-state index in [4.69, 9.17) is 27.9 Å². The number of hydrogen-bond donors (Lipinski definition) is 2. The van der Waals surface area contributed by atoms with Gasteiger partial charge in [0.15, 0.2) is 6.61 Å². The summed E-state index contributed by atoms with van der Waals surface area (Å²) >= 11 is 11.9. The van der Waals surface area contributed by atoms with E-state index in [2.05, 4.69) is 10.6 Å². The molecule has 0 fully saturated rings. The average molecular weight is 379 g/mol. The van der Waals surface area contributed by atoms with Gasteiger partial charge in [0.2, 0.25) is 0 Å². The van der Waals surface area contributed by atoms with Gasteiger partial charge in [-0.1, -0.05) is 48.3 Å². The molecule has 0 radical (unpaired) electrons. The Balaban J connectivity index is 1.93. The van der Waals surface area contributed by atoms with E-state index in [0.717, 1.165) is 12.0 Å². The fourth-order valence-corrected chi connectivity index (χ4v) is 3.00. The van der Waals surface area contributed by atoms with Gasteiger partial charge in [-0.15, -0.1) is 0 Å². The largest absolute Gasteiger partial charge is 0.483 e. The maximum Gasteiger partial charge on any atom is 0.258 e. The number of carbonyl (C=O) groups is 2. The number of fused-ring (bicyclic) bond motifs is 1. The van der Waals surface area contributed by atoms with Crippen LogP contribution in [0.2, 0.25) is 10.0 Å². The Kier molecular flexibility index (Phi) is 5.16. The van der Waals surface area contributed by atoms with Gasteiger partial charge in [0, 0.05) is 11.3 Å². The quantitative estimate of drug-likeness (QED) is 0.854. The van der Waals surface area contributed by atoms with Crippen LogP contribution in [0.3, 0.4) is 0 Å². The lowest BCUT2D eigenvalue weighted by molar-refractivity contribution is -0.127. The van der Waals surface area contributed by atoms with Crippen molar-refractivity contribution in [2.45, 2.75) is 19.4 Å². The highest BCUT2D eigenvalue weighted by Gasteiger charge is 2.30. The van der Waals surface area contributed by atoms with Gasteiger partial charge in [-0.3, -0.25) is 9.59 Å². The smallest absolute Gasteiger partial charge is 0.258 e. The van der Waals surface area contributed by atoms with Gasteiger partial charge in [0.1, 0.15) is 11.8 Å². The molecule has 25 heavy (non-hydrogen) atoms. The van der Waals surface area contributed by atoms with Gasteiger partial charge < -0.3 is 15.4 Å². The number of benzene rings is 2. The molecule has 2 aromatic rings. The summed E-state index contributed by atoms with van der Waals surface area (Å²) < 4.78 is 5.62. The molecule has 130 valence electrons. The van der Waals surface area contributed by atoms with E-state index in [0.29, 0.717) is 27.0 Å². The highest BCUT2D eigenvalue weighted by atomic mass is 35.5. The van der Waals surface area contributed by atoms with Crippen molar-refractivity contribution in [3.05, 3.63) is 57.6 Å². The lowest BCUT2D eigenvalue weighted by Gasteiger charge is -2.18. The van der Waals surface area contributed by atoms with Crippen molar-refractivity contribution >= 4 is 40.7 Å². The third kappa shape index (κ3) is 3.72. The maximum absolute atomic E-state index is 12.8. The third-order valence-corrected chi connectivity index (χ3v) is 4.66. The van der Waals surface area contributed by atoms with Crippen LogP contribution < -0.4 is 15.4 Å². The Morgan fingerprint density at radius 2 is 2.08 bits per heavy atom. The number of anilines is 1. The predicted octanol–water partition coefficient (Wildman–Crippen LogP) is 3.74. The number of nitrogens with one attached hydrogen (secondary N) is 2. The number of ether oxygens (including phenoxy) is 1. The Hall–Kier alpha value is -2.24. The highest BCUT2D eigenvalue weighted by molar-refractivity contribution is 6.42. The summed E-state index contributed by atoms with van der Waals surface area (Å²) in [5.41, 5.74) is 2.07. The molecule has 1 heterocycles. The maximum atomic E-state index is 12.8. The Labute approximate surface area is 155 Å². The Bertz CT molecular complexity index is 839. The number of aryl methyl sites for hydroxylation is 1. The van der Waals surface area contributed by atoms with Crippen LogP contribution in [0, 0.1) is 0 Å². The molecule has 0 saturated carbocycles. The summed E-state index contributed by atoms with van der Waals surface area (Å²) in [6, 6.07) is 9.48. The van der Waals surface area contributed by atoms with Crippen LogP contribution in [0.25, 0.3) is 0 Å². The van der Waals surface area contributed by atoms with Crippen molar-refractivity contribution in [3.63, 3.8) is 0 Å². The highest BCUT2D eigenvalue weighted by Crippen LogP contribution is 2.33. The van der Waals surface area contributed by atoms with E-state index in [-0.39, 0.29) is 18.4 Å². The Morgan fingerprint density at radius 1 is 1.28 bits per heavy atom. The molecule has 2 amide bonds. The molecular formula is C18H16Cl2N2O3. The van der Waals surface area contributed by atoms with E-state index < -0.39 is 6.04 Å². The van der Waals surface area contributed by atoms with E-state index >= 15 is 0 Å². The SMILES string of the molecule is CCc1cccc2c1OCC(=O)NC2C(=O)Nc1ccc(Cl)c(Cl)c1. The monoisotopic (exact) mass is 378 g/mol. The lowest BCUT2D eigenvalue weighted by atomic mass is 10.00. The van der Waals surface area contributed by atoms with Gasteiger partial charge in [-0.2, -0.15) is 0 Å². The average Bonchev–Trinajstić information content (AvgIpc) is 2.77. The van der Waals surface area contributed by atoms with E-state index in [1.807, 2.05) is 19.1 Å². The fourth-order valence-electron chi connectivity index (χ4n) is 2.70. The molecular weight excluding hydrogens is 363 g/mol. The number of rotatable bonds is 3. The molecule has 2 N–H and O–H groups in total. The molecule has 0 saturated heterocycles. The molecule has 1 aliphatic rings. The number of amides is 2. The molecule has 1 aliphatic heterocycles. The zero-order valence-electron chi connectivity index (χ0n) is 13.4. The summed E-state index contributed by atoms with van der Waals surface area (Å²) in [7, 11) is 0. The summed E-state index contributed by atoms with van der Waals surface area (Å²) in [4.78, 5) is 24.7. The minimum Gasteiger partial charge on any atom is -0.483 e. The first-order valence-corrected chi connectivity index (χ1v) is 8.55. The summed E-state index contributed by atoms with van der Waals surface area (Å²) in [5.74, 6) is -0.156. The number of carbonyl (C=O) groups excluding carboxylic acids is 2. The molecule has 0 aromatic heterocycles. The van der Waals surface area contributed by atoms with Crippen LogP contribution >= 0.6 is 23.2 Å². The van der Waals surface area contributed by atoms with Crippen molar-refractivity contribution in [2.75, 3.05) is 11.9 Å². The summed E-state index contributed by atoms with van der Waals surface area (Å²) in [5, 5.41) is 6.18. The number of para-hydroxylation sites is 1. The second-order valence-corrected chi connectivity index (χ2v) is 6.41. The summed E-state index contributed by atoms with van der Waals surface area (Å²) in [6.07, 6.45) is 0.735. The van der Waals surface area contributed by atoms with Gasteiger partial charge in [-0.25, -0.2) is 0 Å². The van der Waals surface area contributed by atoms with Crippen molar-refractivity contribution in [2.24, 2.45) is 0 Å². The Morgan fingerprint density at radius 3 is 2.80 bits per heavy atom. The van der Waals surface area contributed by atoms with E-state index in [1.54, 1.807) is 24.3 Å². The molecule has 7 heteroatoms. The topological polar surface area (TPSA) is 67.4 Å². The van der Waals surface area contributed by atoms with Crippen LogP contribution in [0.5, 0.6) is 5.75 Å². The number of hydrogen-bond acceptors (Lipinski definition) is 3. The fraction of sp³-hybridized carbons (Fsp3) is 0.222. The number of halogens is 2. The van der Waals surface area contributed by atoms with Crippen molar-refractivity contribution in [3.8, 4) is 5.75 Å². The molecule has 0 spiro atoms. The predicted molar refractivity (Wildman–Crippen MR) is 97.3 cm³/mol. The first kappa shape index (κ1) is 17.6. The third-order valence-electron chi connectivity index (χ3n) is 3.92. The molecule has 5 nitrogen and oxygen atoms in total. The van der Waals surface area contributed by atoms with Crippen molar-refractivity contribution in [1.82, 2.24) is 5.32 Å². The van der Waals surface area contributed by atoms with E-state index in [1.165, 1.54) is 0 Å².